The van der Waals surface area contributed by atoms with Crippen LogP contribution < -0.4 is 10.6 Å². The Labute approximate surface area is 206 Å². The first-order valence-corrected chi connectivity index (χ1v) is 13.3. The maximum atomic E-state index is 12.9. The van der Waals surface area contributed by atoms with E-state index in [1.54, 1.807) is 49.5 Å². The third kappa shape index (κ3) is 5.88. The molecule has 0 saturated carbocycles. The standard InChI is InChI=1S/C25H33N5O4S/c1-5-15-30-22-12-11-20(35(33,34)29(6-2)7-3)17-21(22)28-23(30)13-14-24(31)27-19-10-8-9-18(16-19)25(32)26-4/h8-12,16-17H,5-7,13-15H2,1-4H3,(H,26,32)(H,27,31). The molecular formula is C25H33N5O4S. The van der Waals surface area contributed by atoms with E-state index < -0.39 is 10.0 Å². The molecule has 3 rings (SSSR count). The largest absolute Gasteiger partial charge is 0.355 e. The molecule has 0 atom stereocenters. The molecule has 35 heavy (non-hydrogen) atoms. The van der Waals surface area contributed by atoms with E-state index in [9.17, 15) is 18.0 Å². The van der Waals surface area contributed by atoms with E-state index in [0.717, 1.165) is 17.8 Å². The average molecular weight is 500 g/mol. The van der Waals surface area contributed by atoms with Crippen LogP contribution in [0.4, 0.5) is 5.69 Å². The number of carbonyl (C=O) groups excluding carboxylic acids is 2. The molecule has 188 valence electrons. The molecule has 0 fully saturated rings. The predicted octanol–water partition coefficient (Wildman–Crippen LogP) is 3.41. The van der Waals surface area contributed by atoms with Crippen molar-refractivity contribution in [2.75, 3.05) is 25.5 Å². The molecule has 0 aliphatic carbocycles. The second-order valence-corrected chi connectivity index (χ2v) is 10.1. The highest BCUT2D eigenvalue weighted by Crippen LogP contribution is 2.24. The topological polar surface area (TPSA) is 113 Å². The fourth-order valence-electron chi connectivity index (χ4n) is 4.03. The maximum Gasteiger partial charge on any atom is 0.251 e. The first-order chi connectivity index (χ1) is 16.7. The smallest absolute Gasteiger partial charge is 0.251 e. The van der Waals surface area contributed by atoms with Crippen molar-refractivity contribution in [3.05, 3.63) is 53.9 Å². The van der Waals surface area contributed by atoms with E-state index in [1.807, 2.05) is 18.4 Å². The van der Waals surface area contributed by atoms with E-state index in [0.29, 0.717) is 42.8 Å². The third-order valence-corrected chi connectivity index (χ3v) is 7.85. The normalized spacial score (nSPS) is 11.7. The highest BCUT2D eigenvalue weighted by Gasteiger charge is 2.23. The average Bonchev–Trinajstić information content (AvgIpc) is 3.20. The fraction of sp³-hybridized carbons (Fsp3) is 0.400. The van der Waals surface area contributed by atoms with Gasteiger partial charge >= 0.3 is 0 Å². The predicted molar refractivity (Wildman–Crippen MR) is 137 cm³/mol. The molecule has 2 amide bonds. The first-order valence-electron chi connectivity index (χ1n) is 11.9. The lowest BCUT2D eigenvalue weighted by Gasteiger charge is -2.18. The van der Waals surface area contributed by atoms with Gasteiger partial charge in [-0.05, 0) is 42.8 Å². The van der Waals surface area contributed by atoms with Crippen LogP contribution in [0.5, 0.6) is 0 Å². The van der Waals surface area contributed by atoms with Gasteiger partial charge < -0.3 is 15.2 Å². The molecule has 0 spiro atoms. The summed E-state index contributed by atoms with van der Waals surface area (Å²) in [5, 5.41) is 5.39. The summed E-state index contributed by atoms with van der Waals surface area (Å²) in [7, 11) is -2.04. The van der Waals surface area contributed by atoms with E-state index in [-0.39, 0.29) is 23.1 Å². The number of amides is 2. The number of rotatable bonds is 11. The summed E-state index contributed by atoms with van der Waals surface area (Å²) in [6.45, 7) is 7.19. The zero-order valence-electron chi connectivity index (χ0n) is 20.7. The monoisotopic (exact) mass is 499 g/mol. The Bertz CT molecular complexity index is 1310. The van der Waals surface area contributed by atoms with Crippen LogP contribution in [0.3, 0.4) is 0 Å². The summed E-state index contributed by atoms with van der Waals surface area (Å²) < 4.78 is 29.3. The van der Waals surface area contributed by atoms with Crippen molar-refractivity contribution in [1.82, 2.24) is 19.2 Å². The number of carbonyl (C=O) groups is 2. The number of sulfonamides is 1. The van der Waals surface area contributed by atoms with E-state index in [4.69, 9.17) is 4.98 Å². The first kappa shape index (κ1) is 26.4. The van der Waals surface area contributed by atoms with E-state index in [1.165, 1.54) is 4.31 Å². The fourth-order valence-corrected chi connectivity index (χ4v) is 5.51. The van der Waals surface area contributed by atoms with Gasteiger partial charge in [-0.15, -0.1) is 0 Å². The Morgan fingerprint density at radius 3 is 2.46 bits per heavy atom. The molecule has 0 unspecified atom stereocenters. The van der Waals surface area contributed by atoms with Crippen molar-refractivity contribution >= 4 is 38.6 Å². The van der Waals surface area contributed by atoms with E-state index in [2.05, 4.69) is 17.6 Å². The minimum atomic E-state index is -3.59. The van der Waals surface area contributed by atoms with Gasteiger partial charge in [0.25, 0.3) is 5.91 Å². The number of imidazole rings is 1. The summed E-state index contributed by atoms with van der Waals surface area (Å²) in [6.07, 6.45) is 1.46. The number of nitrogens with one attached hydrogen (secondary N) is 2. The summed E-state index contributed by atoms with van der Waals surface area (Å²) >= 11 is 0. The van der Waals surface area contributed by atoms with Crippen LogP contribution in [0.15, 0.2) is 47.4 Å². The molecule has 0 aliphatic heterocycles. The number of hydrogen-bond donors (Lipinski definition) is 2. The lowest BCUT2D eigenvalue weighted by atomic mass is 10.2. The lowest BCUT2D eigenvalue weighted by molar-refractivity contribution is -0.116. The van der Waals surface area contributed by atoms with Gasteiger partial charge in [0.15, 0.2) is 0 Å². The summed E-state index contributed by atoms with van der Waals surface area (Å²) in [5.41, 5.74) is 2.45. The molecule has 9 nitrogen and oxygen atoms in total. The van der Waals surface area contributed by atoms with Crippen molar-refractivity contribution in [3.8, 4) is 0 Å². The third-order valence-electron chi connectivity index (χ3n) is 5.80. The van der Waals surface area contributed by atoms with Gasteiger partial charge in [-0.2, -0.15) is 4.31 Å². The van der Waals surface area contributed by atoms with Crippen LogP contribution in [-0.2, 0) is 27.8 Å². The molecular weight excluding hydrogens is 466 g/mol. The number of benzene rings is 2. The molecule has 10 heteroatoms. The number of hydrogen-bond acceptors (Lipinski definition) is 5. The summed E-state index contributed by atoms with van der Waals surface area (Å²) in [6, 6.07) is 11.8. The van der Waals surface area contributed by atoms with Crippen molar-refractivity contribution < 1.29 is 18.0 Å². The zero-order chi connectivity index (χ0) is 25.6. The molecule has 1 heterocycles. The molecule has 0 bridgehead atoms. The molecule has 0 aliphatic rings. The maximum absolute atomic E-state index is 12.9. The van der Waals surface area contributed by atoms with Gasteiger partial charge in [-0.3, -0.25) is 9.59 Å². The van der Waals surface area contributed by atoms with Crippen molar-refractivity contribution in [1.29, 1.82) is 0 Å². The molecule has 0 saturated heterocycles. The molecule has 2 N–H and O–H groups in total. The minimum Gasteiger partial charge on any atom is -0.355 e. The van der Waals surface area contributed by atoms with Gasteiger partial charge in [0.2, 0.25) is 15.9 Å². The van der Waals surface area contributed by atoms with Crippen LogP contribution in [0.1, 0.15) is 49.8 Å². The number of aryl methyl sites for hydroxylation is 2. The Morgan fingerprint density at radius 1 is 1.06 bits per heavy atom. The summed E-state index contributed by atoms with van der Waals surface area (Å²) in [4.78, 5) is 29.4. The lowest BCUT2D eigenvalue weighted by Crippen LogP contribution is -2.30. The zero-order valence-corrected chi connectivity index (χ0v) is 21.5. The summed E-state index contributed by atoms with van der Waals surface area (Å²) in [5.74, 6) is 0.309. The molecule has 1 aromatic heterocycles. The minimum absolute atomic E-state index is 0.195. The quantitative estimate of drug-likeness (QED) is 0.420. The van der Waals surface area contributed by atoms with Crippen LogP contribution in [-0.4, -0.2) is 54.2 Å². The Morgan fingerprint density at radius 2 is 1.80 bits per heavy atom. The van der Waals surface area contributed by atoms with Crippen LogP contribution in [0.25, 0.3) is 11.0 Å². The highest BCUT2D eigenvalue weighted by atomic mass is 32.2. The van der Waals surface area contributed by atoms with Crippen molar-refractivity contribution in [3.63, 3.8) is 0 Å². The molecule has 3 aromatic rings. The molecule has 0 radical (unpaired) electrons. The van der Waals surface area contributed by atoms with Crippen LogP contribution >= 0.6 is 0 Å². The van der Waals surface area contributed by atoms with Crippen LogP contribution in [0.2, 0.25) is 0 Å². The second-order valence-electron chi connectivity index (χ2n) is 8.13. The van der Waals surface area contributed by atoms with Crippen molar-refractivity contribution in [2.24, 2.45) is 0 Å². The SMILES string of the molecule is CCCn1c(CCC(=O)Nc2cccc(C(=O)NC)c2)nc2cc(S(=O)(=O)N(CC)CC)ccc21. The van der Waals surface area contributed by atoms with Gasteiger partial charge in [-0.1, -0.05) is 26.8 Å². The molecule has 2 aromatic carbocycles. The van der Waals surface area contributed by atoms with Crippen molar-refractivity contribution in [2.45, 2.75) is 51.5 Å². The van der Waals surface area contributed by atoms with E-state index >= 15 is 0 Å². The highest BCUT2D eigenvalue weighted by molar-refractivity contribution is 7.89. The van der Waals surface area contributed by atoms with Crippen LogP contribution in [0, 0.1) is 0 Å². The van der Waals surface area contributed by atoms with Gasteiger partial charge in [0.1, 0.15) is 5.82 Å². The Hall–Kier alpha value is -3.24. The number of anilines is 1. The van der Waals surface area contributed by atoms with Gasteiger partial charge in [0.05, 0.1) is 15.9 Å². The number of fused-ring (bicyclic) bond motifs is 1. The van der Waals surface area contributed by atoms with Gasteiger partial charge in [0, 0.05) is 50.8 Å². The second kappa shape index (κ2) is 11.5. The Kier molecular flexibility index (Phi) is 8.63. The Balaban J connectivity index is 1.81. The van der Waals surface area contributed by atoms with Gasteiger partial charge in [-0.25, -0.2) is 13.4 Å². The number of nitrogens with zero attached hydrogens (tertiary/aromatic N) is 3. The number of aromatic nitrogens is 2.